The SMILES string of the molecule is O=C(CCc1ccccc1)c1c(O)cc(O)cc1O[C@@H]1O[C@H](CO)[C@@H](O)[C@@H](O)[C@@H]1O. The maximum atomic E-state index is 12.8. The molecule has 162 valence electrons. The Balaban J connectivity index is 1.83. The van der Waals surface area contributed by atoms with E-state index in [1.807, 2.05) is 30.3 Å². The summed E-state index contributed by atoms with van der Waals surface area (Å²) in [5, 5.41) is 59.3. The Morgan fingerprint density at radius 1 is 1.00 bits per heavy atom. The molecule has 0 unspecified atom stereocenters. The van der Waals surface area contributed by atoms with Gasteiger partial charge in [-0.15, -0.1) is 0 Å². The number of carbonyl (C=O) groups is 1. The molecule has 0 spiro atoms. The monoisotopic (exact) mass is 420 g/mol. The molecular formula is C21H24O9. The summed E-state index contributed by atoms with van der Waals surface area (Å²) in [6, 6.07) is 11.3. The Kier molecular flexibility index (Phi) is 6.91. The molecule has 1 saturated heterocycles. The number of aryl methyl sites for hydroxylation is 1. The van der Waals surface area contributed by atoms with Gasteiger partial charge in [-0.05, 0) is 12.0 Å². The first-order chi connectivity index (χ1) is 14.3. The maximum Gasteiger partial charge on any atom is 0.229 e. The standard InChI is InChI=1S/C21H24O9/c22-10-16-18(26)19(27)20(28)21(30-16)29-15-9-12(23)8-14(25)17(15)13(24)7-6-11-4-2-1-3-5-11/h1-5,8-9,16,18-23,25-28H,6-7,10H2/t16-,18-,19-,20+,21-/m1/s1. The number of aliphatic hydroxyl groups is 4. The molecule has 0 aromatic heterocycles. The summed E-state index contributed by atoms with van der Waals surface area (Å²) in [6.07, 6.45) is -7.30. The molecule has 1 fully saturated rings. The van der Waals surface area contributed by atoms with Crippen LogP contribution in [0.4, 0.5) is 0 Å². The Morgan fingerprint density at radius 3 is 2.37 bits per heavy atom. The highest BCUT2D eigenvalue weighted by atomic mass is 16.7. The van der Waals surface area contributed by atoms with E-state index in [1.54, 1.807) is 0 Å². The lowest BCUT2D eigenvalue weighted by atomic mass is 9.99. The van der Waals surface area contributed by atoms with Crippen LogP contribution in [0.1, 0.15) is 22.3 Å². The predicted octanol–water partition coefficient (Wildman–Crippen LogP) is 0.0920. The van der Waals surface area contributed by atoms with Crippen molar-refractivity contribution in [2.24, 2.45) is 0 Å². The van der Waals surface area contributed by atoms with Gasteiger partial charge in [-0.25, -0.2) is 0 Å². The highest BCUT2D eigenvalue weighted by Gasteiger charge is 2.45. The first-order valence-electron chi connectivity index (χ1n) is 9.42. The van der Waals surface area contributed by atoms with Crippen LogP contribution in [0.15, 0.2) is 42.5 Å². The molecule has 9 heteroatoms. The third kappa shape index (κ3) is 4.72. The van der Waals surface area contributed by atoms with Crippen LogP contribution in [0.5, 0.6) is 17.2 Å². The van der Waals surface area contributed by atoms with Crippen LogP contribution < -0.4 is 4.74 Å². The van der Waals surface area contributed by atoms with Crippen molar-refractivity contribution in [3.8, 4) is 17.2 Å². The fraction of sp³-hybridized carbons (Fsp3) is 0.381. The number of benzene rings is 2. The summed E-state index contributed by atoms with van der Waals surface area (Å²) in [7, 11) is 0. The number of Topliss-reactive ketones (excluding diaryl/α,β-unsaturated/α-hetero) is 1. The Bertz CT molecular complexity index is 868. The lowest BCUT2D eigenvalue weighted by Gasteiger charge is -2.39. The van der Waals surface area contributed by atoms with Gasteiger partial charge in [-0.3, -0.25) is 4.79 Å². The average molecular weight is 420 g/mol. The fourth-order valence-electron chi connectivity index (χ4n) is 3.28. The number of ether oxygens (including phenoxy) is 2. The highest BCUT2D eigenvalue weighted by Crippen LogP contribution is 2.36. The van der Waals surface area contributed by atoms with E-state index < -0.39 is 54.6 Å². The van der Waals surface area contributed by atoms with E-state index >= 15 is 0 Å². The number of ketones is 1. The summed E-state index contributed by atoms with van der Waals surface area (Å²) in [4.78, 5) is 12.8. The number of aliphatic hydroxyl groups excluding tert-OH is 4. The van der Waals surface area contributed by atoms with E-state index in [-0.39, 0.29) is 17.7 Å². The second-order valence-electron chi connectivity index (χ2n) is 7.06. The van der Waals surface area contributed by atoms with Gasteiger partial charge in [0.15, 0.2) is 5.78 Å². The topological polar surface area (TPSA) is 157 Å². The zero-order chi connectivity index (χ0) is 21.8. The molecule has 0 saturated carbocycles. The van der Waals surface area contributed by atoms with Crippen molar-refractivity contribution in [1.29, 1.82) is 0 Å². The van der Waals surface area contributed by atoms with Crippen molar-refractivity contribution >= 4 is 5.78 Å². The molecule has 0 bridgehead atoms. The summed E-state index contributed by atoms with van der Waals surface area (Å²) in [6.45, 7) is -0.654. The van der Waals surface area contributed by atoms with Gasteiger partial charge in [0.1, 0.15) is 47.2 Å². The van der Waals surface area contributed by atoms with Gasteiger partial charge in [0.2, 0.25) is 6.29 Å². The number of aromatic hydroxyl groups is 2. The molecule has 2 aromatic rings. The molecule has 30 heavy (non-hydrogen) atoms. The molecule has 0 aliphatic carbocycles. The molecule has 9 nitrogen and oxygen atoms in total. The Labute approximate surface area is 172 Å². The summed E-state index contributed by atoms with van der Waals surface area (Å²) < 4.78 is 10.8. The van der Waals surface area contributed by atoms with Crippen LogP contribution in [-0.4, -0.2) is 73.7 Å². The summed E-state index contributed by atoms with van der Waals surface area (Å²) in [5.74, 6) is -1.66. The van der Waals surface area contributed by atoms with E-state index in [1.165, 1.54) is 0 Å². The number of rotatable bonds is 7. The van der Waals surface area contributed by atoms with Gasteiger partial charge in [0, 0.05) is 18.6 Å². The molecule has 2 aromatic carbocycles. The van der Waals surface area contributed by atoms with Crippen LogP contribution in [0, 0.1) is 0 Å². The van der Waals surface area contributed by atoms with E-state index in [9.17, 15) is 35.4 Å². The normalized spacial score (nSPS) is 26.3. The molecular weight excluding hydrogens is 396 g/mol. The number of hydrogen-bond donors (Lipinski definition) is 6. The molecule has 0 amide bonds. The minimum Gasteiger partial charge on any atom is -0.508 e. The molecule has 5 atom stereocenters. The smallest absolute Gasteiger partial charge is 0.229 e. The molecule has 0 radical (unpaired) electrons. The third-order valence-corrected chi connectivity index (χ3v) is 4.92. The van der Waals surface area contributed by atoms with E-state index in [0.29, 0.717) is 6.42 Å². The lowest BCUT2D eigenvalue weighted by Crippen LogP contribution is -2.60. The minimum absolute atomic E-state index is 0.0351. The van der Waals surface area contributed by atoms with Crippen molar-refractivity contribution in [2.45, 2.75) is 43.5 Å². The van der Waals surface area contributed by atoms with Crippen molar-refractivity contribution in [1.82, 2.24) is 0 Å². The van der Waals surface area contributed by atoms with Gasteiger partial charge in [-0.1, -0.05) is 30.3 Å². The van der Waals surface area contributed by atoms with Gasteiger partial charge in [0.05, 0.1) is 6.61 Å². The number of phenols is 2. The number of carbonyl (C=O) groups excluding carboxylic acids is 1. The van der Waals surface area contributed by atoms with Gasteiger partial charge in [-0.2, -0.15) is 0 Å². The quantitative estimate of drug-likeness (QED) is 0.342. The fourth-order valence-corrected chi connectivity index (χ4v) is 3.28. The zero-order valence-electron chi connectivity index (χ0n) is 16.0. The zero-order valence-corrected chi connectivity index (χ0v) is 16.0. The van der Waals surface area contributed by atoms with Crippen molar-refractivity contribution in [3.63, 3.8) is 0 Å². The Hall–Kier alpha value is -2.69. The molecule has 3 rings (SSSR count). The van der Waals surface area contributed by atoms with Crippen LogP contribution in [0.2, 0.25) is 0 Å². The van der Waals surface area contributed by atoms with Crippen molar-refractivity contribution in [2.75, 3.05) is 6.61 Å². The number of phenolic OH excluding ortho intramolecular Hbond substituents is 2. The molecule has 1 aliphatic heterocycles. The maximum absolute atomic E-state index is 12.8. The first-order valence-corrected chi connectivity index (χ1v) is 9.42. The Morgan fingerprint density at radius 2 is 1.70 bits per heavy atom. The van der Waals surface area contributed by atoms with Crippen LogP contribution in [0.3, 0.4) is 0 Å². The van der Waals surface area contributed by atoms with Gasteiger partial charge in [0.25, 0.3) is 0 Å². The predicted molar refractivity (Wildman–Crippen MR) is 103 cm³/mol. The third-order valence-electron chi connectivity index (χ3n) is 4.92. The number of hydrogen-bond acceptors (Lipinski definition) is 9. The minimum atomic E-state index is -1.71. The van der Waals surface area contributed by atoms with Gasteiger partial charge < -0.3 is 40.1 Å². The van der Waals surface area contributed by atoms with E-state index in [0.717, 1.165) is 17.7 Å². The average Bonchev–Trinajstić information content (AvgIpc) is 2.72. The van der Waals surface area contributed by atoms with Crippen LogP contribution in [0.25, 0.3) is 0 Å². The largest absolute Gasteiger partial charge is 0.508 e. The van der Waals surface area contributed by atoms with Gasteiger partial charge >= 0.3 is 0 Å². The second-order valence-corrected chi connectivity index (χ2v) is 7.06. The lowest BCUT2D eigenvalue weighted by molar-refractivity contribution is -0.277. The van der Waals surface area contributed by atoms with E-state index in [4.69, 9.17) is 9.47 Å². The first kappa shape index (κ1) is 22.0. The van der Waals surface area contributed by atoms with Crippen LogP contribution >= 0.6 is 0 Å². The van der Waals surface area contributed by atoms with E-state index in [2.05, 4.69) is 0 Å². The molecule has 1 heterocycles. The summed E-state index contributed by atoms with van der Waals surface area (Å²) in [5.41, 5.74) is 0.696. The molecule has 6 N–H and O–H groups in total. The highest BCUT2D eigenvalue weighted by molar-refractivity contribution is 6.01. The second kappa shape index (κ2) is 9.41. The van der Waals surface area contributed by atoms with Crippen LogP contribution in [-0.2, 0) is 11.2 Å². The molecule has 1 aliphatic rings. The van der Waals surface area contributed by atoms with Crippen molar-refractivity contribution in [3.05, 3.63) is 53.6 Å². The summed E-state index contributed by atoms with van der Waals surface area (Å²) >= 11 is 0. The van der Waals surface area contributed by atoms with Crippen molar-refractivity contribution < 1.29 is 44.9 Å².